The normalized spacial score (nSPS) is 15.1. The summed E-state index contributed by atoms with van der Waals surface area (Å²) in [6, 6.07) is 11.8. The number of nitrogens with zero attached hydrogens (tertiary/aromatic N) is 5. The van der Waals surface area contributed by atoms with Gasteiger partial charge in [0.2, 0.25) is 0 Å². The van der Waals surface area contributed by atoms with E-state index in [2.05, 4.69) is 68.2 Å². The summed E-state index contributed by atoms with van der Waals surface area (Å²) < 4.78 is 28.7. The molecule has 1 aliphatic heterocycles. The molecule has 34 heavy (non-hydrogen) atoms. The molecule has 0 unspecified atom stereocenters. The van der Waals surface area contributed by atoms with Crippen molar-refractivity contribution in [3.8, 4) is 11.4 Å². The lowest BCUT2D eigenvalue weighted by Crippen LogP contribution is -2.53. The summed E-state index contributed by atoms with van der Waals surface area (Å²) in [5.41, 5.74) is 2.89. The quantitative estimate of drug-likeness (QED) is 0.446. The zero-order valence-corrected chi connectivity index (χ0v) is 19.4. The molecule has 1 aliphatic rings. The van der Waals surface area contributed by atoms with Crippen molar-refractivity contribution in [2.45, 2.75) is 26.3 Å². The predicted molar refractivity (Wildman–Crippen MR) is 130 cm³/mol. The number of nitrogens with one attached hydrogen (secondary N) is 2. The Morgan fingerprint density at radius 1 is 0.912 bits per heavy atom. The van der Waals surface area contributed by atoms with Crippen molar-refractivity contribution in [2.24, 2.45) is 0 Å². The monoisotopic (exact) mass is 463 g/mol. The number of H-pyrrole nitrogens is 1. The van der Waals surface area contributed by atoms with E-state index >= 15 is 0 Å². The molecule has 0 spiro atoms. The molecular formula is C25H27F2N7. The first kappa shape index (κ1) is 22.2. The van der Waals surface area contributed by atoms with Crippen LogP contribution in [0.25, 0.3) is 22.4 Å². The third-order valence-electron chi connectivity index (χ3n) is 6.21. The molecule has 2 N–H and O–H groups in total. The van der Waals surface area contributed by atoms with Crippen LogP contribution in [0.5, 0.6) is 0 Å². The molecule has 2 aromatic heterocycles. The van der Waals surface area contributed by atoms with E-state index in [0.29, 0.717) is 16.9 Å². The first-order valence-corrected chi connectivity index (χ1v) is 11.3. The summed E-state index contributed by atoms with van der Waals surface area (Å²) in [6.07, 6.45) is 1.50. The maximum absolute atomic E-state index is 14.4. The van der Waals surface area contributed by atoms with Gasteiger partial charge < -0.3 is 10.2 Å². The molecule has 4 aromatic rings. The van der Waals surface area contributed by atoms with Gasteiger partial charge in [-0.15, -0.1) is 0 Å². The van der Waals surface area contributed by atoms with Gasteiger partial charge >= 0.3 is 0 Å². The molecule has 0 aliphatic carbocycles. The van der Waals surface area contributed by atoms with Crippen molar-refractivity contribution in [1.82, 2.24) is 25.1 Å². The molecule has 0 bridgehead atoms. The maximum atomic E-state index is 14.4. The molecule has 176 valence electrons. The van der Waals surface area contributed by atoms with E-state index < -0.39 is 11.6 Å². The van der Waals surface area contributed by atoms with Crippen molar-refractivity contribution in [3.05, 3.63) is 60.3 Å². The van der Waals surface area contributed by atoms with Crippen LogP contribution >= 0.6 is 0 Å². The number of hydrogen-bond donors (Lipinski definition) is 2. The third kappa shape index (κ3) is 4.31. The number of aromatic nitrogens is 4. The zero-order chi connectivity index (χ0) is 23.9. The Morgan fingerprint density at radius 2 is 1.59 bits per heavy atom. The van der Waals surface area contributed by atoms with Gasteiger partial charge in [0.15, 0.2) is 11.6 Å². The number of piperazine rings is 1. The van der Waals surface area contributed by atoms with E-state index in [1.807, 2.05) is 12.1 Å². The van der Waals surface area contributed by atoms with E-state index in [9.17, 15) is 8.78 Å². The van der Waals surface area contributed by atoms with Crippen molar-refractivity contribution in [3.63, 3.8) is 0 Å². The fourth-order valence-electron chi connectivity index (χ4n) is 4.28. The van der Waals surface area contributed by atoms with E-state index in [0.717, 1.165) is 37.6 Å². The zero-order valence-electron chi connectivity index (χ0n) is 19.4. The van der Waals surface area contributed by atoms with Crippen LogP contribution < -0.4 is 10.2 Å². The Labute approximate surface area is 196 Å². The molecule has 0 saturated carbocycles. The lowest BCUT2D eigenvalue weighted by atomic mass is 10.0. The fraction of sp³-hybridized carbons (Fsp3) is 0.320. The molecule has 5 rings (SSSR count). The van der Waals surface area contributed by atoms with Crippen LogP contribution in [0, 0.1) is 11.6 Å². The summed E-state index contributed by atoms with van der Waals surface area (Å²) in [4.78, 5) is 13.6. The fourth-order valence-corrected chi connectivity index (χ4v) is 4.28. The van der Waals surface area contributed by atoms with Crippen molar-refractivity contribution in [1.29, 1.82) is 0 Å². The molecule has 2 aromatic carbocycles. The van der Waals surface area contributed by atoms with E-state index in [1.54, 1.807) is 0 Å². The molecule has 1 fully saturated rings. The van der Waals surface area contributed by atoms with Gasteiger partial charge in [-0.05, 0) is 57.2 Å². The van der Waals surface area contributed by atoms with Crippen LogP contribution in [0.4, 0.5) is 26.0 Å². The van der Waals surface area contributed by atoms with Crippen LogP contribution in [-0.4, -0.2) is 56.8 Å². The Bertz CT molecular complexity index is 1280. The second-order valence-corrected chi connectivity index (χ2v) is 9.44. The minimum absolute atomic E-state index is 0.0414. The van der Waals surface area contributed by atoms with Crippen LogP contribution in [0.15, 0.2) is 48.7 Å². The molecule has 0 amide bonds. The van der Waals surface area contributed by atoms with Crippen molar-refractivity contribution >= 4 is 28.2 Å². The number of benzene rings is 2. The highest BCUT2D eigenvalue weighted by atomic mass is 19.1. The van der Waals surface area contributed by atoms with E-state index in [4.69, 9.17) is 0 Å². The minimum atomic E-state index is -0.718. The van der Waals surface area contributed by atoms with Crippen molar-refractivity contribution in [2.75, 3.05) is 36.4 Å². The summed E-state index contributed by atoms with van der Waals surface area (Å²) in [6.45, 7) is 10.7. The molecule has 1 saturated heterocycles. The molecule has 0 radical (unpaired) electrons. The number of halogens is 2. The van der Waals surface area contributed by atoms with Crippen molar-refractivity contribution < 1.29 is 8.78 Å². The molecule has 7 nitrogen and oxygen atoms in total. The second-order valence-electron chi connectivity index (χ2n) is 9.44. The molecular weight excluding hydrogens is 436 g/mol. The first-order valence-electron chi connectivity index (χ1n) is 11.3. The predicted octanol–water partition coefficient (Wildman–Crippen LogP) is 4.96. The molecule has 3 heterocycles. The SMILES string of the molecule is CC(C)(C)N1CCN(c2ccc(Nc3nc(-c4c(F)cccc4F)nc4cn[nH]c34)cc2)CC1. The number of anilines is 3. The average Bonchev–Trinajstić information content (AvgIpc) is 3.28. The summed E-state index contributed by atoms with van der Waals surface area (Å²) in [5.74, 6) is -1.08. The standard InChI is InChI=1S/C25H27F2N7/c1-25(2,3)34-13-11-33(12-14-34)17-9-7-16(8-10-17)29-24-22-20(15-28-32-22)30-23(31-24)21-18(26)5-4-6-19(21)27/h4-10,15H,11-14H2,1-3H3,(H,28,32)(H,29,30,31). The number of hydrogen-bond acceptors (Lipinski definition) is 6. The van der Waals surface area contributed by atoms with Crippen LogP contribution in [0.1, 0.15) is 20.8 Å². The Balaban J connectivity index is 1.38. The highest BCUT2D eigenvalue weighted by molar-refractivity contribution is 5.88. The van der Waals surface area contributed by atoms with Crippen LogP contribution in [0.3, 0.4) is 0 Å². The average molecular weight is 464 g/mol. The summed E-state index contributed by atoms with van der Waals surface area (Å²) in [5, 5.41) is 10.1. The Hall–Kier alpha value is -3.59. The minimum Gasteiger partial charge on any atom is -0.369 e. The Kier molecular flexibility index (Phi) is 5.65. The summed E-state index contributed by atoms with van der Waals surface area (Å²) >= 11 is 0. The van der Waals surface area contributed by atoms with Gasteiger partial charge in [0.1, 0.15) is 22.7 Å². The Morgan fingerprint density at radius 3 is 2.24 bits per heavy atom. The lowest BCUT2D eigenvalue weighted by Gasteiger charge is -2.43. The van der Waals surface area contributed by atoms with Gasteiger partial charge in [-0.25, -0.2) is 18.7 Å². The number of aromatic amines is 1. The topological polar surface area (TPSA) is 73.0 Å². The van der Waals surface area contributed by atoms with E-state index in [-0.39, 0.29) is 16.9 Å². The first-order chi connectivity index (χ1) is 16.3. The van der Waals surface area contributed by atoms with Crippen LogP contribution in [0.2, 0.25) is 0 Å². The molecule has 9 heteroatoms. The van der Waals surface area contributed by atoms with Gasteiger partial charge in [-0.3, -0.25) is 10.00 Å². The third-order valence-corrected chi connectivity index (χ3v) is 6.21. The highest BCUT2D eigenvalue weighted by Gasteiger charge is 2.26. The number of fused-ring (bicyclic) bond motifs is 1. The van der Waals surface area contributed by atoms with Gasteiger partial charge in [0.05, 0.1) is 11.8 Å². The summed E-state index contributed by atoms with van der Waals surface area (Å²) in [7, 11) is 0. The molecule has 0 atom stereocenters. The number of rotatable bonds is 4. The van der Waals surface area contributed by atoms with Gasteiger partial charge in [0, 0.05) is 43.1 Å². The van der Waals surface area contributed by atoms with Crippen LogP contribution in [-0.2, 0) is 0 Å². The lowest BCUT2D eigenvalue weighted by molar-refractivity contribution is 0.128. The van der Waals surface area contributed by atoms with E-state index in [1.165, 1.54) is 24.4 Å². The maximum Gasteiger partial charge on any atom is 0.168 e. The second kappa shape index (κ2) is 8.64. The van der Waals surface area contributed by atoms with Gasteiger partial charge in [0.25, 0.3) is 0 Å². The largest absolute Gasteiger partial charge is 0.369 e. The van der Waals surface area contributed by atoms with Gasteiger partial charge in [-0.1, -0.05) is 6.07 Å². The highest BCUT2D eigenvalue weighted by Crippen LogP contribution is 2.30. The smallest absolute Gasteiger partial charge is 0.168 e. The van der Waals surface area contributed by atoms with Gasteiger partial charge in [-0.2, -0.15) is 5.10 Å².